The number of rotatable bonds is 7. The molecule has 0 spiro atoms. The van der Waals surface area contributed by atoms with Crippen LogP contribution < -0.4 is 10.6 Å². The first-order valence-corrected chi connectivity index (χ1v) is 7.11. The van der Waals surface area contributed by atoms with Gasteiger partial charge in [-0.1, -0.05) is 0 Å². The highest BCUT2D eigenvalue weighted by Gasteiger charge is 2.11. The molecular formula is C16H18N4O3. The van der Waals surface area contributed by atoms with Crippen LogP contribution in [0.15, 0.2) is 42.9 Å². The van der Waals surface area contributed by atoms with Gasteiger partial charge in [0.1, 0.15) is 5.69 Å². The molecule has 0 saturated heterocycles. The first-order valence-electron chi connectivity index (χ1n) is 7.11. The summed E-state index contributed by atoms with van der Waals surface area (Å²) >= 11 is 0. The molecule has 2 N–H and O–H groups in total. The molecule has 120 valence electrons. The Hall–Kier alpha value is -2.80. The highest BCUT2D eigenvalue weighted by Crippen LogP contribution is 2.03. The normalized spacial score (nSPS) is 10.1. The maximum atomic E-state index is 12.1. The van der Waals surface area contributed by atoms with Crippen LogP contribution in [0.25, 0.3) is 0 Å². The fraction of sp³-hybridized carbons (Fsp3) is 0.250. The van der Waals surface area contributed by atoms with E-state index in [-0.39, 0.29) is 17.5 Å². The van der Waals surface area contributed by atoms with E-state index in [0.29, 0.717) is 25.3 Å². The monoisotopic (exact) mass is 314 g/mol. The Morgan fingerprint density at radius 1 is 1.09 bits per heavy atom. The molecule has 23 heavy (non-hydrogen) atoms. The van der Waals surface area contributed by atoms with Crippen LogP contribution in [0.4, 0.5) is 0 Å². The van der Waals surface area contributed by atoms with Crippen LogP contribution in [-0.4, -0.2) is 42.0 Å². The lowest BCUT2D eigenvalue weighted by atomic mass is 10.2. The molecule has 0 bridgehead atoms. The van der Waals surface area contributed by atoms with Crippen molar-refractivity contribution in [3.63, 3.8) is 0 Å². The van der Waals surface area contributed by atoms with Gasteiger partial charge in [-0.2, -0.15) is 0 Å². The number of nitrogens with zero attached hydrogens (tertiary/aromatic N) is 2. The van der Waals surface area contributed by atoms with Crippen LogP contribution in [-0.2, 0) is 11.3 Å². The summed E-state index contributed by atoms with van der Waals surface area (Å²) in [5.41, 5.74) is 1.51. The maximum absolute atomic E-state index is 12.1. The predicted molar refractivity (Wildman–Crippen MR) is 83.9 cm³/mol. The number of hydrogen-bond donors (Lipinski definition) is 2. The Morgan fingerprint density at radius 2 is 1.87 bits per heavy atom. The number of hydrogen-bond acceptors (Lipinski definition) is 5. The number of pyridine rings is 2. The van der Waals surface area contributed by atoms with Crippen LogP contribution in [0.5, 0.6) is 0 Å². The third kappa shape index (κ3) is 5.15. The maximum Gasteiger partial charge on any atom is 0.270 e. The topological polar surface area (TPSA) is 93.2 Å². The Kier molecular flexibility index (Phi) is 6.19. The van der Waals surface area contributed by atoms with Crippen LogP contribution >= 0.6 is 0 Å². The van der Waals surface area contributed by atoms with Crippen LogP contribution in [0.1, 0.15) is 26.4 Å². The van der Waals surface area contributed by atoms with Gasteiger partial charge in [0.25, 0.3) is 11.8 Å². The number of amides is 2. The molecule has 0 atom stereocenters. The fourth-order valence-electron chi connectivity index (χ4n) is 1.84. The lowest BCUT2D eigenvalue weighted by molar-refractivity contribution is 0.0937. The van der Waals surface area contributed by atoms with E-state index in [1.807, 2.05) is 12.1 Å². The van der Waals surface area contributed by atoms with Crippen molar-refractivity contribution in [1.82, 2.24) is 20.6 Å². The minimum absolute atomic E-state index is 0.193. The van der Waals surface area contributed by atoms with Crippen molar-refractivity contribution in [2.24, 2.45) is 0 Å². The van der Waals surface area contributed by atoms with E-state index in [4.69, 9.17) is 4.74 Å². The van der Waals surface area contributed by atoms with Gasteiger partial charge >= 0.3 is 0 Å². The molecule has 2 aromatic rings. The van der Waals surface area contributed by atoms with Gasteiger partial charge in [0.2, 0.25) is 0 Å². The summed E-state index contributed by atoms with van der Waals surface area (Å²) < 4.78 is 4.87. The van der Waals surface area contributed by atoms with Gasteiger partial charge in [-0.15, -0.1) is 0 Å². The molecule has 7 heteroatoms. The zero-order valence-electron chi connectivity index (χ0n) is 12.8. The standard InChI is InChI=1S/C16H18N4O3/c1-23-9-8-19-15(21)13-4-7-18-14(10-13)16(22)20-11-12-2-5-17-6-3-12/h2-7,10H,8-9,11H2,1H3,(H,19,21)(H,20,22). The number of methoxy groups -OCH3 is 1. The van der Waals surface area contributed by atoms with Gasteiger partial charge in [0.15, 0.2) is 0 Å². The van der Waals surface area contributed by atoms with E-state index in [0.717, 1.165) is 5.56 Å². The third-order valence-corrected chi connectivity index (χ3v) is 3.05. The molecule has 2 heterocycles. The minimum Gasteiger partial charge on any atom is -0.383 e. The van der Waals surface area contributed by atoms with E-state index in [9.17, 15) is 9.59 Å². The van der Waals surface area contributed by atoms with Gasteiger partial charge in [-0.3, -0.25) is 19.6 Å². The first-order chi connectivity index (χ1) is 11.2. The van der Waals surface area contributed by atoms with E-state index in [2.05, 4.69) is 20.6 Å². The lowest BCUT2D eigenvalue weighted by Gasteiger charge is -2.07. The summed E-state index contributed by atoms with van der Waals surface area (Å²) in [4.78, 5) is 32.0. The minimum atomic E-state index is -0.339. The van der Waals surface area contributed by atoms with Crippen molar-refractivity contribution in [2.45, 2.75) is 6.54 Å². The van der Waals surface area contributed by atoms with Crippen molar-refractivity contribution >= 4 is 11.8 Å². The quantitative estimate of drug-likeness (QED) is 0.737. The largest absolute Gasteiger partial charge is 0.383 e. The smallest absolute Gasteiger partial charge is 0.270 e. The molecular weight excluding hydrogens is 296 g/mol. The number of carbonyl (C=O) groups excluding carboxylic acids is 2. The Labute approximate surface area is 134 Å². The zero-order chi connectivity index (χ0) is 16.5. The van der Waals surface area contributed by atoms with Crippen LogP contribution in [0.3, 0.4) is 0 Å². The van der Waals surface area contributed by atoms with Gasteiger partial charge in [0.05, 0.1) is 6.61 Å². The van der Waals surface area contributed by atoms with Crippen molar-refractivity contribution < 1.29 is 14.3 Å². The second kappa shape index (κ2) is 8.60. The van der Waals surface area contributed by atoms with Crippen LogP contribution in [0, 0.1) is 0 Å². The number of ether oxygens (including phenoxy) is 1. The third-order valence-electron chi connectivity index (χ3n) is 3.05. The molecule has 2 amide bonds. The summed E-state index contributed by atoms with van der Waals surface area (Å²) in [5, 5.41) is 5.45. The summed E-state index contributed by atoms with van der Waals surface area (Å²) in [6.45, 7) is 1.20. The average molecular weight is 314 g/mol. The molecule has 0 saturated carbocycles. The summed E-state index contributed by atoms with van der Waals surface area (Å²) in [7, 11) is 1.56. The van der Waals surface area contributed by atoms with Gasteiger partial charge in [-0.25, -0.2) is 0 Å². The van der Waals surface area contributed by atoms with Crippen molar-refractivity contribution in [3.8, 4) is 0 Å². The molecule has 7 nitrogen and oxygen atoms in total. The SMILES string of the molecule is COCCNC(=O)c1ccnc(C(=O)NCc2ccncc2)c1. The molecule has 0 aromatic carbocycles. The molecule has 0 fully saturated rings. The Bertz CT molecular complexity index is 661. The predicted octanol–water partition coefficient (Wildman–Crippen LogP) is 0.783. The molecule has 0 aliphatic heterocycles. The second-order valence-electron chi connectivity index (χ2n) is 4.72. The number of nitrogens with one attached hydrogen (secondary N) is 2. The molecule has 0 aliphatic rings. The Balaban J connectivity index is 1.95. The number of carbonyl (C=O) groups is 2. The molecule has 0 aliphatic carbocycles. The van der Waals surface area contributed by atoms with E-state index >= 15 is 0 Å². The molecule has 0 radical (unpaired) electrons. The van der Waals surface area contributed by atoms with Crippen molar-refractivity contribution in [2.75, 3.05) is 20.3 Å². The van der Waals surface area contributed by atoms with E-state index < -0.39 is 0 Å². The van der Waals surface area contributed by atoms with Gasteiger partial charge < -0.3 is 15.4 Å². The first kappa shape index (κ1) is 16.6. The highest BCUT2D eigenvalue weighted by atomic mass is 16.5. The van der Waals surface area contributed by atoms with E-state index in [1.54, 1.807) is 25.6 Å². The average Bonchev–Trinajstić information content (AvgIpc) is 2.61. The van der Waals surface area contributed by atoms with Crippen molar-refractivity contribution in [3.05, 3.63) is 59.7 Å². The van der Waals surface area contributed by atoms with Crippen molar-refractivity contribution in [1.29, 1.82) is 0 Å². The number of aromatic nitrogens is 2. The zero-order valence-corrected chi connectivity index (χ0v) is 12.8. The highest BCUT2D eigenvalue weighted by molar-refractivity contribution is 5.98. The second-order valence-corrected chi connectivity index (χ2v) is 4.72. The summed E-state index contributed by atoms with van der Waals surface area (Å²) in [6, 6.07) is 6.65. The summed E-state index contributed by atoms with van der Waals surface area (Å²) in [6.07, 6.45) is 4.75. The Morgan fingerprint density at radius 3 is 2.61 bits per heavy atom. The van der Waals surface area contributed by atoms with Gasteiger partial charge in [0, 0.05) is 44.4 Å². The lowest BCUT2D eigenvalue weighted by Crippen LogP contribution is -2.28. The molecule has 2 aromatic heterocycles. The van der Waals surface area contributed by atoms with Gasteiger partial charge in [-0.05, 0) is 29.8 Å². The fourth-order valence-corrected chi connectivity index (χ4v) is 1.84. The summed E-state index contributed by atoms with van der Waals surface area (Å²) in [5.74, 6) is -0.610. The molecule has 0 unspecified atom stereocenters. The molecule has 2 rings (SSSR count). The van der Waals surface area contributed by atoms with E-state index in [1.165, 1.54) is 12.3 Å². The van der Waals surface area contributed by atoms with Crippen LogP contribution in [0.2, 0.25) is 0 Å².